The minimum Gasteiger partial charge on any atom is -0.380 e. The van der Waals surface area contributed by atoms with E-state index in [9.17, 15) is 0 Å². The highest BCUT2D eigenvalue weighted by Crippen LogP contribution is 2.50. The van der Waals surface area contributed by atoms with Crippen molar-refractivity contribution in [2.75, 3.05) is 19.8 Å². The van der Waals surface area contributed by atoms with E-state index < -0.39 is 0 Å². The summed E-state index contributed by atoms with van der Waals surface area (Å²) >= 11 is 0. The molecule has 0 saturated heterocycles. The van der Waals surface area contributed by atoms with E-state index in [0.29, 0.717) is 11.5 Å². The monoisotopic (exact) mass is 233 g/mol. The Hall–Kier alpha value is -0.860. The first kappa shape index (κ1) is 12.6. The van der Waals surface area contributed by atoms with Crippen LogP contribution < -0.4 is 5.32 Å². The van der Waals surface area contributed by atoms with Crippen LogP contribution in [0.5, 0.6) is 0 Å². The molecular formula is C15H23NO. The van der Waals surface area contributed by atoms with Crippen molar-refractivity contribution in [1.82, 2.24) is 5.32 Å². The van der Waals surface area contributed by atoms with Crippen LogP contribution in [0.4, 0.5) is 0 Å². The van der Waals surface area contributed by atoms with Crippen molar-refractivity contribution in [3.8, 4) is 0 Å². The van der Waals surface area contributed by atoms with Crippen molar-refractivity contribution in [3.05, 3.63) is 35.9 Å². The summed E-state index contributed by atoms with van der Waals surface area (Å²) in [5, 5.41) is 3.59. The Kier molecular flexibility index (Phi) is 4.19. The van der Waals surface area contributed by atoms with Crippen molar-refractivity contribution in [2.24, 2.45) is 0 Å². The second-order valence-corrected chi connectivity index (χ2v) is 4.79. The first-order valence-corrected chi connectivity index (χ1v) is 6.70. The smallest absolute Gasteiger partial charge is 0.0628 e. The summed E-state index contributed by atoms with van der Waals surface area (Å²) in [6, 6.07) is 11.3. The molecule has 0 radical (unpaired) electrons. The zero-order chi connectivity index (χ0) is 12.1. The van der Waals surface area contributed by atoms with Gasteiger partial charge in [-0.1, -0.05) is 37.3 Å². The Labute approximate surface area is 104 Å². The van der Waals surface area contributed by atoms with Crippen molar-refractivity contribution in [2.45, 2.75) is 38.1 Å². The summed E-state index contributed by atoms with van der Waals surface area (Å²) in [6.07, 6.45) is 2.56. The fourth-order valence-electron chi connectivity index (χ4n) is 2.64. The summed E-state index contributed by atoms with van der Waals surface area (Å²) < 4.78 is 5.63. The highest BCUT2D eigenvalue weighted by Gasteiger charge is 2.50. The van der Waals surface area contributed by atoms with Gasteiger partial charge in [-0.25, -0.2) is 0 Å². The minimum atomic E-state index is 0.326. The van der Waals surface area contributed by atoms with E-state index in [1.54, 1.807) is 0 Å². The van der Waals surface area contributed by atoms with Crippen LogP contribution in [0.3, 0.4) is 0 Å². The van der Waals surface area contributed by atoms with Crippen LogP contribution in [0.2, 0.25) is 0 Å². The SMILES string of the molecule is CCNC(COCC)C1(c2ccccc2)CC1. The van der Waals surface area contributed by atoms with E-state index in [-0.39, 0.29) is 0 Å². The number of hydrogen-bond acceptors (Lipinski definition) is 2. The van der Waals surface area contributed by atoms with E-state index in [2.05, 4.69) is 49.5 Å². The normalized spacial score (nSPS) is 18.9. The average Bonchev–Trinajstić information content (AvgIpc) is 3.17. The summed E-state index contributed by atoms with van der Waals surface area (Å²) in [5.74, 6) is 0. The molecule has 2 rings (SSSR count). The van der Waals surface area contributed by atoms with E-state index in [0.717, 1.165) is 19.8 Å². The molecule has 1 aliphatic carbocycles. The lowest BCUT2D eigenvalue weighted by Crippen LogP contribution is -2.43. The van der Waals surface area contributed by atoms with Crippen molar-refractivity contribution >= 4 is 0 Å². The Morgan fingerprint density at radius 2 is 1.94 bits per heavy atom. The molecule has 0 heterocycles. The lowest BCUT2D eigenvalue weighted by Gasteiger charge is -2.28. The van der Waals surface area contributed by atoms with E-state index in [1.807, 2.05) is 0 Å². The second-order valence-electron chi connectivity index (χ2n) is 4.79. The molecule has 1 unspecified atom stereocenters. The molecule has 1 aromatic rings. The molecule has 0 spiro atoms. The number of benzene rings is 1. The average molecular weight is 233 g/mol. The summed E-state index contributed by atoms with van der Waals surface area (Å²) in [5.41, 5.74) is 1.79. The first-order chi connectivity index (χ1) is 8.33. The zero-order valence-corrected chi connectivity index (χ0v) is 10.9. The third-order valence-corrected chi connectivity index (χ3v) is 3.74. The maximum Gasteiger partial charge on any atom is 0.0628 e. The van der Waals surface area contributed by atoms with Crippen LogP contribution >= 0.6 is 0 Å². The second kappa shape index (κ2) is 5.65. The van der Waals surface area contributed by atoms with Gasteiger partial charge < -0.3 is 10.1 Å². The van der Waals surface area contributed by atoms with Gasteiger partial charge in [0.1, 0.15) is 0 Å². The lowest BCUT2D eigenvalue weighted by atomic mass is 9.88. The molecule has 2 nitrogen and oxygen atoms in total. The van der Waals surface area contributed by atoms with Crippen LogP contribution in [0, 0.1) is 0 Å². The molecule has 1 atom stereocenters. The van der Waals surface area contributed by atoms with E-state index >= 15 is 0 Å². The Morgan fingerprint density at radius 3 is 2.47 bits per heavy atom. The molecule has 1 N–H and O–H groups in total. The quantitative estimate of drug-likeness (QED) is 0.782. The molecular weight excluding hydrogens is 210 g/mol. The van der Waals surface area contributed by atoms with Crippen LogP contribution in [0.25, 0.3) is 0 Å². The minimum absolute atomic E-state index is 0.326. The molecule has 1 saturated carbocycles. The van der Waals surface area contributed by atoms with E-state index in [4.69, 9.17) is 4.74 Å². The van der Waals surface area contributed by atoms with Crippen LogP contribution in [-0.4, -0.2) is 25.8 Å². The molecule has 1 aliphatic rings. The van der Waals surface area contributed by atoms with Crippen molar-refractivity contribution < 1.29 is 4.74 Å². The van der Waals surface area contributed by atoms with Gasteiger partial charge in [-0.05, 0) is 31.9 Å². The fourth-order valence-corrected chi connectivity index (χ4v) is 2.64. The third-order valence-electron chi connectivity index (χ3n) is 3.74. The van der Waals surface area contributed by atoms with Gasteiger partial charge in [0.15, 0.2) is 0 Å². The molecule has 94 valence electrons. The molecule has 17 heavy (non-hydrogen) atoms. The van der Waals surface area contributed by atoms with Crippen molar-refractivity contribution in [1.29, 1.82) is 0 Å². The molecule has 0 bridgehead atoms. The summed E-state index contributed by atoms with van der Waals surface area (Å²) in [4.78, 5) is 0. The van der Waals surface area contributed by atoms with Gasteiger partial charge in [0.25, 0.3) is 0 Å². The number of nitrogens with one attached hydrogen (secondary N) is 1. The summed E-state index contributed by atoms with van der Waals surface area (Å²) in [7, 11) is 0. The van der Waals surface area contributed by atoms with Gasteiger partial charge in [-0.15, -0.1) is 0 Å². The van der Waals surface area contributed by atoms with Gasteiger partial charge in [0.2, 0.25) is 0 Å². The molecule has 1 aromatic carbocycles. The highest BCUT2D eigenvalue weighted by atomic mass is 16.5. The largest absolute Gasteiger partial charge is 0.380 e. The molecule has 2 heteroatoms. The fraction of sp³-hybridized carbons (Fsp3) is 0.600. The maximum absolute atomic E-state index is 5.63. The number of rotatable bonds is 7. The van der Waals surface area contributed by atoms with Gasteiger partial charge in [0, 0.05) is 18.1 Å². The molecule has 1 fully saturated rings. The predicted molar refractivity (Wildman–Crippen MR) is 71.3 cm³/mol. The molecule has 0 aromatic heterocycles. The van der Waals surface area contributed by atoms with Crippen LogP contribution in [-0.2, 0) is 10.2 Å². The topological polar surface area (TPSA) is 21.3 Å². The van der Waals surface area contributed by atoms with Crippen molar-refractivity contribution in [3.63, 3.8) is 0 Å². The predicted octanol–water partition coefficient (Wildman–Crippen LogP) is 2.73. The van der Waals surface area contributed by atoms with Crippen LogP contribution in [0.15, 0.2) is 30.3 Å². The third kappa shape index (κ3) is 2.70. The van der Waals surface area contributed by atoms with E-state index in [1.165, 1.54) is 18.4 Å². The Balaban J connectivity index is 2.11. The number of hydrogen-bond donors (Lipinski definition) is 1. The zero-order valence-electron chi connectivity index (χ0n) is 10.9. The summed E-state index contributed by atoms with van der Waals surface area (Å²) in [6.45, 7) is 6.85. The number of ether oxygens (including phenoxy) is 1. The maximum atomic E-state index is 5.63. The van der Waals surface area contributed by atoms with Gasteiger partial charge >= 0.3 is 0 Å². The highest BCUT2D eigenvalue weighted by molar-refractivity contribution is 5.33. The lowest BCUT2D eigenvalue weighted by molar-refractivity contribution is 0.111. The molecule has 0 amide bonds. The Bertz CT molecular complexity index is 332. The van der Waals surface area contributed by atoms with Crippen LogP contribution in [0.1, 0.15) is 32.3 Å². The first-order valence-electron chi connectivity index (χ1n) is 6.70. The Morgan fingerprint density at radius 1 is 1.24 bits per heavy atom. The standard InChI is InChI=1S/C15H23NO/c1-3-16-14(12-17-4-2)15(10-11-15)13-8-6-5-7-9-13/h5-9,14,16H,3-4,10-12H2,1-2H3. The number of likely N-dealkylation sites (N-methyl/N-ethyl adjacent to an activating group) is 1. The van der Waals surface area contributed by atoms with Gasteiger partial charge in [0.05, 0.1) is 6.61 Å². The van der Waals surface area contributed by atoms with Gasteiger partial charge in [-0.2, -0.15) is 0 Å². The molecule has 0 aliphatic heterocycles. The van der Waals surface area contributed by atoms with Gasteiger partial charge in [-0.3, -0.25) is 0 Å².